The lowest BCUT2D eigenvalue weighted by Crippen LogP contribution is -2.18. The highest BCUT2D eigenvalue weighted by Crippen LogP contribution is 1.96. The number of hydrogen-bond acceptors (Lipinski definition) is 1. The smallest absolute Gasteiger partial charge is 0.0934 e. The minimum absolute atomic E-state index is 0. The first-order chi connectivity index (χ1) is 3.18. The molecule has 0 heterocycles. The topological polar surface area (TPSA) is 49.9 Å². The monoisotopic (exact) mass is 172 g/mol. The average Bonchev–Trinajstić information content (AvgIpc) is 1.65. The van der Waals surface area contributed by atoms with Crippen molar-refractivity contribution in [2.75, 3.05) is 0 Å². The quantitative estimate of drug-likeness (QED) is 0.485. The van der Waals surface area contributed by atoms with Gasteiger partial charge >= 0.3 is 0 Å². The third-order valence-electron chi connectivity index (χ3n) is 1.14. The lowest BCUT2D eigenvalue weighted by molar-refractivity contribution is 0.728. The molecule has 9 heavy (non-hydrogen) atoms. The molecule has 0 saturated carbocycles. The normalized spacial score (nSPS) is 10.4. The van der Waals surface area contributed by atoms with Crippen LogP contribution in [0.4, 0.5) is 0 Å². The first-order valence-corrected chi connectivity index (χ1v) is 2.52. The molecule has 0 spiro atoms. The van der Waals surface area contributed by atoms with Gasteiger partial charge in [0.15, 0.2) is 0 Å². The van der Waals surface area contributed by atoms with Crippen LogP contribution in [0, 0.1) is 11.3 Å². The number of nitrogens with one attached hydrogen (secondary N) is 1. The minimum atomic E-state index is 0. The molecular weight excluding hydrogens is 159 g/mol. The Morgan fingerprint density at radius 3 is 1.89 bits per heavy atom. The van der Waals surface area contributed by atoms with Crippen LogP contribution >= 0.6 is 24.8 Å². The van der Waals surface area contributed by atoms with E-state index in [4.69, 9.17) is 11.1 Å². The van der Waals surface area contributed by atoms with Crippen molar-refractivity contribution in [2.45, 2.75) is 20.3 Å². The van der Waals surface area contributed by atoms with E-state index in [9.17, 15) is 0 Å². The van der Waals surface area contributed by atoms with Crippen molar-refractivity contribution in [1.29, 1.82) is 5.41 Å². The van der Waals surface area contributed by atoms with Gasteiger partial charge in [0, 0.05) is 5.92 Å². The van der Waals surface area contributed by atoms with Crippen LogP contribution < -0.4 is 5.73 Å². The Bertz CT molecular complexity index is 75.4. The fraction of sp³-hybridized carbons (Fsp3) is 0.800. The first kappa shape index (κ1) is 16.0. The molecule has 1 atom stereocenters. The molecule has 0 aromatic rings. The average molecular weight is 173 g/mol. The van der Waals surface area contributed by atoms with Crippen LogP contribution in [0.3, 0.4) is 0 Å². The highest BCUT2D eigenvalue weighted by Gasteiger charge is 1.97. The highest BCUT2D eigenvalue weighted by molar-refractivity contribution is 5.85. The molecule has 58 valence electrons. The zero-order valence-electron chi connectivity index (χ0n) is 5.68. The maximum atomic E-state index is 6.88. The van der Waals surface area contributed by atoms with Crippen molar-refractivity contribution < 1.29 is 0 Å². The van der Waals surface area contributed by atoms with Gasteiger partial charge in [0.2, 0.25) is 0 Å². The predicted molar refractivity (Wildman–Crippen MR) is 45.9 cm³/mol. The molecule has 4 heteroatoms. The Morgan fingerprint density at radius 2 is 1.89 bits per heavy atom. The van der Waals surface area contributed by atoms with Crippen LogP contribution in [-0.2, 0) is 0 Å². The number of halogens is 2. The summed E-state index contributed by atoms with van der Waals surface area (Å²) in [5.41, 5.74) is 5.13. The van der Waals surface area contributed by atoms with Crippen LogP contribution in [0.5, 0.6) is 0 Å². The highest BCUT2D eigenvalue weighted by atomic mass is 35.5. The summed E-state index contributed by atoms with van der Waals surface area (Å²) in [5.74, 6) is 0.558. The van der Waals surface area contributed by atoms with E-state index in [-0.39, 0.29) is 30.7 Å². The number of amidine groups is 1. The Kier molecular flexibility index (Phi) is 14.3. The van der Waals surface area contributed by atoms with Crippen molar-refractivity contribution in [3.8, 4) is 0 Å². The van der Waals surface area contributed by atoms with Gasteiger partial charge in [-0.3, -0.25) is 5.41 Å². The summed E-state index contributed by atoms with van der Waals surface area (Å²) in [4.78, 5) is 0. The zero-order valence-corrected chi connectivity index (χ0v) is 7.31. The van der Waals surface area contributed by atoms with Gasteiger partial charge in [0.25, 0.3) is 0 Å². The maximum absolute atomic E-state index is 6.88. The van der Waals surface area contributed by atoms with Gasteiger partial charge in [0.1, 0.15) is 0 Å². The Hall–Kier alpha value is 0.0500. The molecule has 0 fully saturated rings. The van der Waals surface area contributed by atoms with Crippen molar-refractivity contribution in [2.24, 2.45) is 11.7 Å². The number of nitrogens with two attached hydrogens (primary N) is 1. The summed E-state index contributed by atoms with van der Waals surface area (Å²) in [6.45, 7) is 3.97. The first-order valence-electron chi connectivity index (χ1n) is 2.52. The largest absolute Gasteiger partial charge is 0.387 e. The predicted octanol–water partition coefficient (Wildman–Crippen LogP) is 1.81. The molecule has 0 aliphatic heterocycles. The molecule has 2 nitrogen and oxygen atoms in total. The molecule has 0 aromatic carbocycles. The van der Waals surface area contributed by atoms with Gasteiger partial charge in [-0.15, -0.1) is 24.8 Å². The lowest BCUT2D eigenvalue weighted by Gasteiger charge is -2.01. The maximum Gasteiger partial charge on any atom is 0.0934 e. The molecule has 0 bridgehead atoms. The van der Waals surface area contributed by atoms with Crippen molar-refractivity contribution in [3.05, 3.63) is 0 Å². The van der Waals surface area contributed by atoms with Crippen molar-refractivity contribution in [3.63, 3.8) is 0 Å². The second-order valence-electron chi connectivity index (χ2n) is 1.76. The van der Waals surface area contributed by atoms with E-state index in [1.165, 1.54) is 0 Å². The Morgan fingerprint density at radius 1 is 1.56 bits per heavy atom. The third-order valence-corrected chi connectivity index (χ3v) is 1.14. The van der Waals surface area contributed by atoms with Crippen LogP contribution in [0.25, 0.3) is 0 Å². The van der Waals surface area contributed by atoms with E-state index in [2.05, 4.69) is 0 Å². The SMILES string of the molecule is CCC(C)C(=N)N.Cl.Cl. The summed E-state index contributed by atoms with van der Waals surface area (Å²) < 4.78 is 0. The van der Waals surface area contributed by atoms with Gasteiger partial charge in [-0.05, 0) is 6.42 Å². The van der Waals surface area contributed by atoms with Crippen LogP contribution in [0.1, 0.15) is 20.3 Å². The molecular formula is C5H14Cl2N2. The summed E-state index contributed by atoms with van der Waals surface area (Å²) in [6, 6.07) is 0. The molecule has 0 rings (SSSR count). The van der Waals surface area contributed by atoms with Crippen LogP contribution in [-0.4, -0.2) is 5.84 Å². The van der Waals surface area contributed by atoms with E-state index in [0.717, 1.165) is 6.42 Å². The van der Waals surface area contributed by atoms with Gasteiger partial charge in [-0.25, -0.2) is 0 Å². The van der Waals surface area contributed by atoms with Gasteiger partial charge in [0.05, 0.1) is 5.84 Å². The molecule has 0 aromatic heterocycles. The molecule has 0 saturated heterocycles. The summed E-state index contributed by atoms with van der Waals surface area (Å²) >= 11 is 0. The van der Waals surface area contributed by atoms with Gasteiger partial charge in [-0.2, -0.15) is 0 Å². The summed E-state index contributed by atoms with van der Waals surface area (Å²) in [6.07, 6.45) is 0.968. The molecule has 0 radical (unpaired) electrons. The molecule has 3 N–H and O–H groups in total. The van der Waals surface area contributed by atoms with Gasteiger partial charge < -0.3 is 5.73 Å². The van der Waals surface area contributed by atoms with Crippen molar-refractivity contribution in [1.82, 2.24) is 0 Å². The van der Waals surface area contributed by atoms with Crippen LogP contribution in [0.2, 0.25) is 0 Å². The van der Waals surface area contributed by atoms with E-state index in [1.54, 1.807) is 0 Å². The number of rotatable bonds is 2. The Labute approximate surface area is 68.5 Å². The third kappa shape index (κ3) is 8.05. The van der Waals surface area contributed by atoms with E-state index >= 15 is 0 Å². The Balaban J connectivity index is -0.000000180. The molecule has 1 unspecified atom stereocenters. The minimum Gasteiger partial charge on any atom is -0.387 e. The zero-order chi connectivity index (χ0) is 5.86. The number of hydrogen-bond donors (Lipinski definition) is 2. The summed E-state index contributed by atoms with van der Waals surface area (Å²) in [5, 5.41) is 6.88. The fourth-order valence-electron chi connectivity index (χ4n) is 0.220. The molecule has 0 aliphatic carbocycles. The molecule has 0 amide bonds. The van der Waals surface area contributed by atoms with Crippen LogP contribution in [0.15, 0.2) is 0 Å². The molecule has 0 aliphatic rings. The standard InChI is InChI=1S/C5H12N2.2ClH/c1-3-4(2)5(6)7;;/h4H,3H2,1-2H3,(H3,6,7);2*1H. The lowest BCUT2D eigenvalue weighted by atomic mass is 10.1. The van der Waals surface area contributed by atoms with Gasteiger partial charge in [-0.1, -0.05) is 13.8 Å². The summed E-state index contributed by atoms with van der Waals surface area (Å²) in [7, 11) is 0. The second-order valence-corrected chi connectivity index (χ2v) is 1.76. The van der Waals surface area contributed by atoms with E-state index in [1.807, 2.05) is 13.8 Å². The van der Waals surface area contributed by atoms with Crippen molar-refractivity contribution >= 4 is 30.6 Å². The fourth-order valence-corrected chi connectivity index (χ4v) is 0.220. The van der Waals surface area contributed by atoms with E-state index < -0.39 is 0 Å². The van der Waals surface area contributed by atoms with E-state index in [0.29, 0.717) is 5.84 Å². The second kappa shape index (κ2) is 8.05.